The van der Waals surface area contributed by atoms with Crippen LogP contribution in [0, 0.1) is 11.7 Å². The van der Waals surface area contributed by atoms with E-state index in [1.165, 1.54) is 0 Å². The summed E-state index contributed by atoms with van der Waals surface area (Å²) in [4.78, 5) is 11.2. The van der Waals surface area contributed by atoms with Gasteiger partial charge in [-0.15, -0.1) is 0 Å². The Bertz CT molecular complexity index is 664. The number of rotatable bonds is 3. The van der Waals surface area contributed by atoms with E-state index < -0.39 is 27.9 Å². The average Bonchev–Trinajstić information content (AvgIpc) is 2.41. The van der Waals surface area contributed by atoms with Gasteiger partial charge in [0.15, 0.2) is 0 Å². The zero-order valence-electron chi connectivity index (χ0n) is 11.3. The van der Waals surface area contributed by atoms with Gasteiger partial charge in [-0.25, -0.2) is 12.8 Å². The average molecular weight is 336 g/mol. The van der Waals surface area contributed by atoms with E-state index >= 15 is 0 Å². The number of sulfonamides is 1. The predicted octanol–water partition coefficient (Wildman–Crippen LogP) is 2.35. The minimum absolute atomic E-state index is 0.124. The molecule has 1 N–H and O–H groups in total. The predicted molar refractivity (Wildman–Crippen MR) is 75.1 cm³/mol. The molecule has 0 bridgehead atoms. The molecule has 8 heteroatoms. The quantitative estimate of drug-likeness (QED) is 0.920. The normalized spacial score (nSPS) is 24.0. The fourth-order valence-corrected chi connectivity index (χ4v) is 4.55. The molecule has 0 amide bonds. The van der Waals surface area contributed by atoms with Crippen LogP contribution in [-0.2, 0) is 14.8 Å². The van der Waals surface area contributed by atoms with Crippen molar-refractivity contribution in [2.75, 3.05) is 6.54 Å². The van der Waals surface area contributed by atoms with Crippen LogP contribution in [0.5, 0.6) is 0 Å². The number of halogens is 2. The number of hydrogen-bond donors (Lipinski definition) is 1. The lowest BCUT2D eigenvalue weighted by atomic mass is 9.93. The van der Waals surface area contributed by atoms with Gasteiger partial charge in [0.05, 0.1) is 9.92 Å². The Morgan fingerprint density at radius 2 is 2.14 bits per heavy atom. The molecular weight excluding hydrogens is 321 g/mol. The van der Waals surface area contributed by atoms with E-state index in [9.17, 15) is 22.7 Å². The van der Waals surface area contributed by atoms with Crippen LogP contribution < -0.4 is 0 Å². The number of benzene rings is 1. The smallest absolute Gasteiger partial charge is 0.322 e. The number of piperidine rings is 1. The fraction of sp³-hybridized carbons (Fsp3) is 0.462. The molecule has 5 nitrogen and oxygen atoms in total. The monoisotopic (exact) mass is 335 g/mol. The molecule has 0 saturated carbocycles. The molecule has 1 aromatic rings. The summed E-state index contributed by atoms with van der Waals surface area (Å²) in [7, 11) is -4.03. The summed E-state index contributed by atoms with van der Waals surface area (Å²) in [6, 6.07) is 1.94. The van der Waals surface area contributed by atoms with E-state index in [4.69, 9.17) is 11.6 Å². The molecule has 1 fully saturated rings. The molecule has 0 spiro atoms. The van der Waals surface area contributed by atoms with Crippen LogP contribution in [0.25, 0.3) is 0 Å². The van der Waals surface area contributed by atoms with E-state index in [0.29, 0.717) is 12.8 Å². The van der Waals surface area contributed by atoms with Gasteiger partial charge >= 0.3 is 5.97 Å². The number of nitrogens with zero attached hydrogens (tertiary/aromatic N) is 1. The van der Waals surface area contributed by atoms with Gasteiger partial charge in [0, 0.05) is 6.54 Å². The van der Waals surface area contributed by atoms with Crippen molar-refractivity contribution in [1.29, 1.82) is 0 Å². The Morgan fingerprint density at radius 1 is 1.48 bits per heavy atom. The summed E-state index contributed by atoms with van der Waals surface area (Å²) >= 11 is 5.61. The van der Waals surface area contributed by atoms with Crippen LogP contribution in [0.15, 0.2) is 23.1 Å². The zero-order valence-corrected chi connectivity index (χ0v) is 12.9. The van der Waals surface area contributed by atoms with Crippen LogP contribution >= 0.6 is 11.6 Å². The molecular formula is C13H15ClFNO4S. The van der Waals surface area contributed by atoms with Gasteiger partial charge in [0.25, 0.3) is 0 Å². The van der Waals surface area contributed by atoms with Crippen molar-refractivity contribution in [3.63, 3.8) is 0 Å². The lowest BCUT2D eigenvalue weighted by Gasteiger charge is -2.36. The van der Waals surface area contributed by atoms with E-state index in [1.54, 1.807) is 6.92 Å². The summed E-state index contributed by atoms with van der Waals surface area (Å²) in [5, 5.41) is 8.98. The van der Waals surface area contributed by atoms with Gasteiger partial charge in [-0.2, -0.15) is 4.31 Å². The Balaban J connectivity index is 2.45. The van der Waals surface area contributed by atoms with Crippen LogP contribution in [0.1, 0.15) is 19.8 Å². The van der Waals surface area contributed by atoms with Crippen LogP contribution in [0.2, 0.25) is 5.02 Å². The van der Waals surface area contributed by atoms with E-state index in [0.717, 1.165) is 22.5 Å². The lowest BCUT2D eigenvalue weighted by molar-refractivity contribution is -0.144. The molecule has 2 unspecified atom stereocenters. The summed E-state index contributed by atoms with van der Waals surface area (Å²) in [5.41, 5.74) is 0. The highest BCUT2D eigenvalue weighted by atomic mass is 35.5. The minimum Gasteiger partial charge on any atom is -0.480 e. The first kappa shape index (κ1) is 16.2. The van der Waals surface area contributed by atoms with E-state index in [1.807, 2.05) is 0 Å². The van der Waals surface area contributed by atoms with Gasteiger partial charge in [-0.1, -0.05) is 18.5 Å². The fourth-order valence-electron chi connectivity index (χ4n) is 2.56. The number of hydrogen-bond acceptors (Lipinski definition) is 3. The second-order valence-corrected chi connectivity index (χ2v) is 7.39. The third-order valence-corrected chi connectivity index (χ3v) is 5.80. The summed E-state index contributed by atoms with van der Waals surface area (Å²) in [6.07, 6.45) is 1.23. The summed E-state index contributed by atoms with van der Waals surface area (Å²) in [6.45, 7) is 1.83. The molecule has 1 aromatic carbocycles. The molecule has 2 rings (SSSR count). The Hall–Kier alpha value is -1.18. The molecule has 1 heterocycles. The van der Waals surface area contributed by atoms with Crippen molar-refractivity contribution in [2.24, 2.45) is 5.92 Å². The Kier molecular flexibility index (Phi) is 4.55. The van der Waals surface area contributed by atoms with Crippen molar-refractivity contribution in [2.45, 2.75) is 30.7 Å². The van der Waals surface area contributed by atoms with Gasteiger partial charge in [-0.05, 0) is 37.0 Å². The number of carboxylic acid groups (broad SMARTS) is 1. The summed E-state index contributed by atoms with van der Waals surface area (Å²) in [5.74, 6) is -2.20. The maximum atomic E-state index is 13.2. The third-order valence-electron chi connectivity index (χ3n) is 3.64. The standard InChI is InChI=1S/C13H15ClFNO4S/c1-8-3-2-6-16(12(8)13(17)18)21(19,20)9-4-5-11(15)10(14)7-9/h4-5,7-8,12H,2-3,6H2,1H3,(H,17,18). The Labute approximate surface area is 127 Å². The van der Waals surface area contributed by atoms with Gasteiger partial charge in [-0.3, -0.25) is 4.79 Å². The van der Waals surface area contributed by atoms with Crippen molar-refractivity contribution in [1.82, 2.24) is 4.31 Å². The SMILES string of the molecule is CC1CCCN(S(=O)(=O)c2ccc(F)c(Cl)c2)C1C(=O)O. The van der Waals surface area contributed by atoms with Crippen molar-refractivity contribution in [3.05, 3.63) is 29.0 Å². The zero-order chi connectivity index (χ0) is 15.8. The van der Waals surface area contributed by atoms with Crippen molar-refractivity contribution < 1.29 is 22.7 Å². The van der Waals surface area contributed by atoms with Gasteiger partial charge in [0.2, 0.25) is 10.0 Å². The van der Waals surface area contributed by atoms with Crippen LogP contribution in [-0.4, -0.2) is 36.4 Å². The van der Waals surface area contributed by atoms with Crippen LogP contribution in [0.3, 0.4) is 0 Å². The summed E-state index contributed by atoms with van der Waals surface area (Å²) < 4.78 is 39.3. The first-order valence-corrected chi connectivity index (χ1v) is 8.26. The first-order chi connectivity index (χ1) is 9.75. The highest BCUT2D eigenvalue weighted by molar-refractivity contribution is 7.89. The molecule has 1 aliphatic rings. The highest BCUT2D eigenvalue weighted by Crippen LogP contribution is 2.30. The molecule has 0 aliphatic carbocycles. The van der Waals surface area contributed by atoms with Gasteiger partial charge < -0.3 is 5.11 Å². The largest absolute Gasteiger partial charge is 0.480 e. The second-order valence-electron chi connectivity index (χ2n) is 5.09. The molecule has 116 valence electrons. The molecule has 2 atom stereocenters. The lowest BCUT2D eigenvalue weighted by Crippen LogP contribution is -2.51. The molecule has 1 saturated heterocycles. The van der Waals surface area contributed by atoms with Crippen molar-refractivity contribution >= 4 is 27.6 Å². The number of aliphatic carboxylic acids is 1. The minimum atomic E-state index is -4.03. The number of carbonyl (C=O) groups is 1. The first-order valence-electron chi connectivity index (χ1n) is 6.45. The van der Waals surface area contributed by atoms with Gasteiger partial charge in [0.1, 0.15) is 11.9 Å². The molecule has 21 heavy (non-hydrogen) atoms. The van der Waals surface area contributed by atoms with E-state index in [-0.39, 0.29) is 22.4 Å². The topological polar surface area (TPSA) is 74.7 Å². The van der Waals surface area contributed by atoms with Crippen molar-refractivity contribution in [3.8, 4) is 0 Å². The molecule has 1 aliphatic heterocycles. The maximum Gasteiger partial charge on any atom is 0.322 e. The third kappa shape index (κ3) is 3.04. The Morgan fingerprint density at radius 3 is 2.71 bits per heavy atom. The van der Waals surface area contributed by atoms with E-state index in [2.05, 4.69) is 0 Å². The highest BCUT2D eigenvalue weighted by Gasteiger charge is 2.41. The second kappa shape index (κ2) is 5.90. The molecule has 0 aromatic heterocycles. The van der Waals surface area contributed by atoms with Crippen LogP contribution in [0.4, 0.5) is 4.39 Å². The maximum absolute atomic E-state index is 13.2. The molecule has 0 radical (unpaired) electrons. The number of carboxylic acids is 1.